The minimum atomic E-state index is -1.11. The Kier molecular flexibility index (Phi) is 5.86. The van der Waals surface area contributed by atoms with Crippen LogP contribution in [-0.4, -0.2) is 49.1 Å². The van der Waals surface area contributed by atoms with Gasteiger partial charge in [-0.05, 0) is 37.9 Å². The van der Waals surface area contributed by atoms with Gasteiger partial charge in [0.15, 0.2) is 0 Å². The van der Waals surface area contributed by atoms with Crippen LogP contribution in [0.4, 0.5) is 4.39 Å². The van der Waals surface area contributed by atoms with Crippen LogP contribution in [0.5, 0.6) is 0 Å². The normalized spacial score (nSPS) is 11.0. The molecule has 0 unspecified atom stereocenters. The number of carboxylic acids is 1. The average molecular weight is 280 g/mol. The quantitative estimate of drug-likeness (QED) is 0.769. The Bertz CT molecular complexity index is 527. The fourth-order valence-electron chi connectivity index (χ4n) is 1.48. The van der Waals surface area contributed by atoms with Crippen LogP contribution in [0.15, 0.2) is 24.3 Å². The van der Waals surface area contributed by atoms with Gasteiger partial charge in [-0.25, -0.2) is 9.18 Å². The number of carboxylic acid groups (broad SMARTS) is 1. The van der Waals surface area contributed by atoms with E-state index < -0.39 is 17.7 Å². The highest BCUT2D eigenvalue weighted by molar-refractivity contribution is 5.95. The molecule has 108 valence electrons. The van der Waals surface area contributed by atoms with Crippen LogP contribution in [0.1, 0.15) is 15.9 Å². The maximum Gasteiger partial charge on any atom is 0.328 e. The lowest BCUT2D eigenvalue weighted by molar-refractivity contribution is -0.131. The molecule has 0 saturated carbocycles. The van der Waals surface area contributed by atoms with E-state index in [4.69, 9.17) is 5.11 Å². The van der Waals surface area contributed by atoms with Crippen LogP contribution >= 0.6 is 0 Å². The summed E-state index contributed by atoms with van der Waals surface area (Å²) >= 11 is 0. The first-order chi connectivity index (χ1) is 9.40. The Morgan fingerprint density at radius 3 is 2.70 bits per heavy atom. The first-order valence-electron chi connectivity index (χ1n) is 6.03. The number of hydrogen-bond acceptors (Lipinski definition) is 3. The number of rotatable bonds is 6. The lowest BCUT2D eigenvalue weighted by Gasteiger charge is -2.11. The Hall–Kier alpha value is -2.21. The molecule has 0 atom stereocenters. The Morgan fingerprint density at radius 1 is 1.40 bits per heavy atom. The van der Waals surface area contributed by atoms with Gasteiger partial charge in [0.25, 0.3) is 5.91 Å². The van der Waals surface area contributed by atoms with Gasteiger partial charge in [0.05, 0.1) is 5.56 Å². The highest BCUT2D eigenvalue weighted by Gasteiger charge is 2.11. The fourth-order valence-corrected chi connectivity index (χ4v) is 1.48. The molecule has 1 aromatic rings. The summed E-state index contributed by atoms with van der Waals surface area (Å²) in [7, 11) is 3.73. The molecule has 2 N–H and O–H groups in total. The van der Waals surface area contributed by atoms with Crippen molar-refractivity contribution < 1.29 is 19.1 Å². The van der Waals surface area contributed by atoms with Crippen molar-refractivity contribution in [3.8, 4) is 0 Å². The third-order valence-corrected chi connectivity index (χ3v) is 2.50. The minimum absolute atomic E-state index is 0.101. The van der Waals surface area contributed by atoms with Crippen LogP contribution in [0.25, 0.3) is 6.08 Å². The maximum absolute atomic E-state index is 13.6. The molecule has 1 amide bonds. The van der Waals surface area contributed by atoms with Crippen molar-refractivity contribution in [2.75, 3.05) is 27.2 Å². The third kappa shape index (κ3) is 5.19. The SMILES string of the molecule is CN(C)CCNC(=O)c1cc(C=CC(=O)O)ccc1F. The van der Waals surface area contributed by atoms with Gasteiger partial charge < -0.3 is 15.3 Å². The summed E-state index contributed by atoms with van der Waals surface area (Å²) < 4.78 is 13.6. The van der Waals surface area contributed by atoms with Crippen molar-refractivity contribution in [2.24, 2.45) is 0 Å². The summed E-state index contributed by atoms with van der Waals surface area (Å²) in [6.45, 7) is 1.05. The smallest absolute Gasteiger partial charge is 0.328 e. The van der Waals surface area contributed by atoms with Gasteiger partial charge in [-0.15, -0.1) is 0 Å². The van der Waals surface area contributed by atoms with Crippen LogP contribution in [0.3, 0.4) is 0 Å². The zero-order valence-electron chi connectivity index (χ0n) is 11.4. The van der Waals surface area contributed by atoms with E-state index in [0.29, 0.717) is 18.7 Å². The second-order valence-electron chi connectivity index (χ2n) is 4.47. The van der Waals surface area contributed by atoms with Crippen LogP contribution in [0, 0.1) is 5.82 Å². The second-order valence-corrected chi connectivity index (χ2v) is 4.47. The van der Waals surface area contributed by atoms with Gasteiger partial charge in [0.1, 0.15) is 5.82 Å². The number of carbonyl (C=O) groups is 2. The van der Waals surface area contributed by atoms with Gasteiger partial charge in [0.2, 0.25) is 0 Å². The summed E-state index contributed by atoms with van der Waals surface area (Å²) in [4.78, 5) is 24.1. The molecule has 0 aliphatic heterocycles. The van der Waals surface area contributed by atoms with E-state index in [1.165, 1.54) is 18.2 Å². The number of hydrogen-bond donors (Lipinski definition) is 2. The molecule has 0 heterocycles. The van der Waals surface area contributed by atoms with Crippen LogP contribution < -0.4 is 5.32 Å². The van der Waals surface area contributed by atoms with E-state index in [-0.39, 0.29) is 5.56 Å². The first-order valence-corrected chi connectivity index (χ1v) is 6.03. The van der Waals surface area contributed by atoms with E-state index in [1.54, 1.807) is 0 Å². The Morgan fingerprint density at radius 2 is 2.10 bits per heavy atom. The molecule has 6 heteroatoms. The number of amides is 1. The highest BCUT2D eigenvalue weighted by atomic mass is 19.1. The average Bonchev–Trinajstić information content (AvgIpc) is 2.37. The number of aliphatic carboxylic acids is 1. The van der Waals surface area contributed by atoms with Crippen LogP contribution in [0.2, 0.25) is 0 Å². The number of nitrogens with zero attached hydrogens (tertiary/aromatic N) is 1. The van der Waals surface area contributed by atoms with Gasteiger partial charge >= 0.3 is 5.97 Å². The van der Waals surface area contributed by atoms with Crippen molar-refractivity contribution in [3.05, 3.63) is 41.2 Å². The second kappa shape index (κ2) is 7.40. The molecule has 0 aromatic heterocycles. The molecule has 1 aromatic carbocycles. The fraction of sp³-hybridized carbons (Fsp3) is 0.286. The molecule has 0 radical (unpaired) electrons. The minimum Gasteiger partial charge on any atom is -0.478 e. The van der Waals surface area contributed by atoms with E-state index in [0.717, 1.165) is 12.1 Å². The standard InChI is InChI=1S/C14H17FN2O3/c1-17(2)8-7-16-14(20)11-9-10(3-5-12(11)15)4-6-13(18)19/h3-6,9H,7-8H2,1-2H3,(H,16,20)(H,18,19). The molecule has 0 aliphatic carbocycles. The molecule has 0 spiro atoms. The van der Waals surface area contributed by atoms with E-state index in [9.17, 15) is 14.0 Å². The third-order valence-electron chi connectivity index (χ3n) is 2.50. The zero-order chi connectivity index (χ0) is 15.1. The van der Waals surface area contributed by atoms with Gasteiger partial charge in [-0.2, -0.15) is 0 Å². The molecular weight excluding hydrogens is 263 g/mol. The number of halogens is 1. The number of carbonyl (C=O) groups excluding carboxylic acids is 1. The van der Waals surface area contributed by atoms with Gasteiger partial charge in [-0.3, -0.25) is 4.79 Å². The summed E-state index contributed by atoms with van der Waals surface area (Å²) in [6.07, 6.45) is 2.24. The van der Waals surface area contributed by atoms with E-state index in [2.05, 4.69) is 5.32 Å². The van der Waals surface area contributed by atoms with Crippen molar-refractivity contribution in [1.29, 1.82) is 0 Å². The van der Waals surface area contributed by atoms with Gasteiger partial charge in [0, 0.05) is 19.2 Å². The molecule has 0 fully saturated rings. The predicted molar refractivity (Wildman–Crippen MR) is 74.0 cm³/mol. The largest absolute Gasteiger partial charge is 0.478 e. The lowest BCUT2D eigenvalue weighted by Crippen LogP contribution is -2.31. The molecule has 0 aliphatic rings. The Labute approximate surface area is 116 Å². The predicted octanol–water partition coefficient (Wildman–Crippen LogP) is 1.21. The van der Waals surface area contributed by atoms with E-state index >= 15 is 0 Å². The summed E-state index contributed by atoms with van der Waals surface area (Å²) in [5.74, 6) is -2.26. The summed E-state index contributed by atoms with van der Waals surface area (Å²) in [5, 5.41) is 11.1. The molecule has 0 bridgehead atoms. The first kappa shape index (κ1) is 15.8. The maximum atomic E-state index is 13.6. The molecule has 1 rings (SSSR count). The number of likely N-dealkylation sites (N-methyl/N-ethyl adjacent to an activating group) is 1. The molecule has 0 saturated heterocycles. The number of benzene rings is 1. The molecule has 20 heavy (non-hydrogen) atoms. The van der Waals surface area contributed by atoms with Crippen molar-refractivity contribution in [3.63, 3.8) is 0 Å². The van der Waals surface area contributed by atoms with Crippen molar-refractivity contribution >= 4 is 18.0 Å². The van der Waals surface area contributed by atoms with E-state index in [1.807, 2.05) is 19.0 Å². The molecule has 5 nitrogen and oxygen atoms in total. The van der Waals surface area contributed by atoms with Crippen LogP contribution in [-0.2, 0) is 4.79 Å². The monoisotopic (exact) mass is 280 g/mol. The Balaban J connectivity index is 2.80. The summed E-state index contributed by atoms with van der Waals surface area (Å²) in [6, 6.07) is 3.87. The van der Waals surface area contributed by atoms with Crippen molar-refractivity contribution in [2.45, 2.75) is 0 Å². The number of nitrogens with one attached hydrogen (secondary N) is 1. The molecular formula is C14H17FN2O3. The lowest BCUT2D eigenvalue weighted by atomic mass is 10.1. The highest BCUT2D eigenvalue weighted by Crippen LogP contribution is 2.12. The van der Waals surface area contributed by atoms with Crippen molar-refractivity contribution in [1.82, 2.24) is 10.2 Å². The summed E-state index contributed by atoms with van der Waals surface area (Å²) in [5.41, 5.74) is 0.350. The zero-order valence-corrected chi connectivity index (χ0v) is 11.4. The topological polar surface area (TPSA) is 69.6 Å². The van der Waals surface area contributed by atoms with Gasteiger partial charge in [-0.1, -0.05) is 6.07 Å².